The average molecular weight is 249 g/mol. The number of carbonyl (C=O) groups is 1. The molecule has 18 heavy (non-hydrogen) atoms. The summed E-state index contributed by atoms with van der Waals surface area (Å²) in [6.45, 7) is 12.5. The van der Waals surface area contributed by atoms with E-state index in [1.54, 1.807) is 0 Å². The topological polar surface area (TPSA) is 17.1 Å². The van der Waals surface area contributed by atoms with Gasteiger partial charge in [-0.05, 0) is 33.4 Å². The first-order chi connectivity index (χ1) is 8.92. The van der Waals surface area contributed by atoms with Crippen molar-refractivity contribution in [2.75, 3.05) is 0 Å². The van der Waals surface area contributed by atoms with Crippen molar-refractivity contribution >= 4 is 6.29 Å². The van der Waals surface area contributed by atoms with Crippen LogP contribution in [-0.2, 0) is 10.8 Å². The maximum atomic E-state index is 11.2. The van der Waals surface area contributed by atoms with Gasteiger partial charge < -0.3 is 0 Å². The fourth-order valence-electron chi connectivity index (χ4n) is 2.82. The van der Waals surface area contributed by atoms with E-state index in [2.05, 4.69) is 41.5 Å². The fourth-order valence-corrected chi connectivity index (χ4v) is 2.82. The molecule has 0 heterocycles. The molecule has 100 valence electrons. The molecule has 2 rings (SSSR count). The Morgan fingerprint density at radius 2 is 1.50 bits per heavy atom. The van der Waals surface area contributed by atoms with Crippen molar-refractivity contribution in [2.24, 2.45) is 5.41 Å². The fraction of sp³-hybridized carbons (Fsp3) is 0.588. The number of hydrogen-bond acceptors (Lipinski definition) is 1. The van der Waals surface area contributed by atoms with Gasteiger partial charge in [0.05, 0.1) is 4.11 Å². The van der Waals surface area contributed by atoms with E-state index in [1.807, 2.05) is 0 Å². The van der Waals surface area contributed by atoms with Gasteiger partial charge in [-0.15, -0.1) is 0 Å². The molecule has 0 amide bonds. The lowest BCUT2D eigenvalue weighted by Crippen LogP contribution is -2.42. The van der Waals surface area contributed by atoms with E-state index < -0.39 is 0 Å². The van der Waals surface area contributed by atoms with Gasteiger partial charge in [-0.1, -0.05) is 61.1 Å². The van der Waals surface area contributed by atoms with Crippen molar-refractivity contribution in [3.63, 3.8) is 0 Å². The van der Waals surface area contributed by atoms with Crippen molar-refractivity contribution in [1.82, 2.24) is 0 Å². The minimum Gasteiger partial charge on any atom is -0.298 e. The summed E-state index contributed by atoms with van der Waals surface area (Å²) in [7, 11) is 0. The van der Waals surface area contributed by atoms with Crippen LogP contribution in [0, 0.1) is 5.41 Å². The normalized spacial score (nSPS) is 24.2. The first-order valence-electron chi connectivity index (χ1n) is 7.52. The van der Waals surface area contributed by atoms with Gasteiger partial charge in [0.2, 0.25) is 0 Å². The quantitative estimate of drug-likeness (QED) is 0.658. The van der Waals surface area contributed by atoms with Gasteiger partial charge in [0.1, 0.15) is 6.29 Å². The molecule has 0 aliphatic heterocycles. The molecule has 0 spiro atoms. The Bertz CT molecular complexity index is 613. The zero-order chi connectivity index (χ0) is 15.7. The highest BCUT2D eigenvalue weighted by atomic mass is 16.1. The molecular formula is C17H26O. The van der Waals surface area contributed by atoms with E-state index in [0.717, 1.165) is 11.1 Å². The molecule has 0 saturated carbocycles. The molecule has 1 heteroatoms. The van der Waals surface area contributed by atoms with Crippen LogP contribution in [0.3, 0.4) is 0 Å². The molecule has 0 radical (unpaired) electrons. The van der Waals surface area contributed by atoms with Crippen LogP contribution in [0.2, 0.25) is 0 Å². The van der Waals surface area contributed by atoms with Crippen LogP contribution in [0.5, 0.6) is 0 Å². The molecule has 0 bridgehead atoms. The summed E-state index contributed by atoms with van der Waals surface area (Å²) in [5, 5.41) is 0. The molecule has 1 nitrogen and oxygen atoms in total. The Hall–Kier alpha value is -1.11. The molecule has 0 unspecified atom stereocenters. The lowest BCUT2D eigenvalue weighted by atomic mass is 9.59. The number of benzene rings is 1. The standard InChI is InChI=1S/C16H22O.CH4/c1-14(2)12-8-7-11(10-17)9-13(12)15(3,4)16(14,5)6;/h7-10H,1-6H3;1H4/i7D,8D,9D;. The average Bonchev–Trinajstić information content (AvgIpc) is 2.42. The Balaban J connectivity index is 0.00000220. The van der Waals surface area contributed by atoms with E-state index in [0.29, 0.717) is 6.29 Å². The number of carbonyl (C=O) groups excluding carboxylic acids is 1. The molecule has 0 fully saturated rings. The van der Waals surface area contributed by atoms with Crippen LogP contribution in [-0.4, -0.2) is 6.29 Å². The second-order valence-electron chi connectivity index (χ2n) is 6.53. The molecule has 1 aliphatic rings. The highest BCUT2D eigenvalue weighted by molar-refractivity contribution is 5.76. The van der Waals surface area contributed by atoms with Crippen molar-refractivity contribution in [1.29, 1.82) is 0 Å². The van der Waals surface area contributed by atoms with E-state index in [1.165, 1.54) is 0 Å². The zero-order valence-corrected chi connectivity index (χ0v) is 11.5. The smallest absolute Gasteiger partial charge is 0.150 e. The van der Waals surface area contributed by atoms with Gasteiger partial charge in [-0.25, -0.2) is 0 Å². The molecule has 1 aromatic carbocycles. The van der Waals surface area contributed by atoms with Crippen LogP contribution in [0.1, 0.15) is 74.6 Å². The predicted molar refractivity (Wildman–Crippen MR) is 78.4 cm³/mol. The summed E-state index contributed by atoms with van der Waals surface area (Å²) in [6, 6.07) is 0.103. The number of hydrogen-bond donors (Lipinski definition) is 0. The molecular weight excluding hydrogens is 220 g/mol. The molecule has 1 aliphatic carbocycles. The molecule has 0 saturated heterocycles. The Morgan fingerprint density at radius 1 is 1.00 bits per heavy atom. The van der Waals surface area contributed by atoms with Crippen LogP contribution < -0.4 is 0 Å². The first kappa shape index (κ1) is 10.8. The lowest BCUT2D eigenvalue weighted by molar-refractivity contribution is 0.112. The predicted octanol–water partition coefficient (Wildman–Crippen LogP) is 4.73. The minimum absolute atomic E-state index is 0. The van der Waals surface area contributed by atoms with E-state index in [4.69, 9.17) is 4.11 Å². The maximum Gasteiger partial charge on any atom is 0.150 e. The third-order valence-corrected chi connectivity index (χ3v) is 5.32. The third-order valence-electron chi connectivity index (χ3n) is 5.32. The maximum absolute atomic E-state index is 11.2. The number of aldehydes is 1. The van der Waals surface area contributed by atoms with Gasteiger partial charge in [0.15, 0.2) is 0 Å². The van der Waals surface area contributed by atoms with E-state index >= 15 is 0 Å². The third kappa shape index (κ3) is 1.49. The second kappa shape index (κ2) is 3.94. The van der Waals surface area contributed by atoms with E-state index in [9.17, 15) is 4.79 Å². The number of fused-ring (bicyclic) bond motifs is 1. The van der Waals surface area contributed by atoms with Gasteiger partial charge in [0, 0.05) is 5.56 Å². The Labute approximate surface area is 116 Å². The summed E-state index contributed by atoms with van der Waals surface area (Å²) in [4.78, 5) is 11.2. The SMILES string of the molecule is C.[2H]c1c([2H])c2c(c([2H])c1C=O)C(C)(C)C(C)(C)C2(C)C. The first-order valence-corrected chi connectivity index (χ1v) is 6.02. The lowest BCUT2D eigenvalue weighted by Gasteiger charge is -2.44. The van der Waals surface area contributed by atoms with E-state index in [-0.39, 0.29) is 47.4 Å². The molecule has 0 aromatic heterocycles. The Morgan fingerprint density at radius 3 is 2.00 bits per heavy atom. The van der Waals surface area contributed by atoms with Crippen molar-refractivity contribution in [3.8, 4) is 0 Å². The second-order valence-corrected chi connectivity index (χ2v) is 6.53. The van der Waals surface area contributed by atoms with Crippen molar-refractivity contribution in [3.05, 3.63) is 34.8 Å². The summed E-state index contributed by atoms with van der Waals surface area (Å²) in [5.41, 5.74) is 0.723. The molecule has 0 atom stereocenters. The van der Waals surface area contributed by atoms with Gasteiger partial charge >= 0.3 is 0 Å². The zero-order valence-electron chi connectivity index (χ0n) is 14.5. The minimum atomic E-state index is -0.329. The summed E-state index contributed by atoms with van der Waals surface area (Å²) >= 11 is 0. The largest absolute Gasteiger partial charge is 0.298 e. The summed E-state index contributed by atoms with van der Waals surface area (Å²) < 4.78 is 24.6. The van der Waals surface area contributed by atoms with Gasteiger partial charge in [0.25, 0.3) is 0 Å². The van der Waals surface area contributed by atoms with Gasteiger partial charge in [-0.3, -0.25) is 4.79 Å². The van der Waals surface area contributed by atoms with Crippen molar-refractivity contribution < 1.29 is 8.91 Å². The number of rotatable bonds is 1. The summed E-state index contributed by atoms with van der Waals surface area (Å²) in [6.07, 6.45) is 0.539. The van der Waals surface area contributed by atoms with Gasteiger partial charge in [-0.2, -0.15) is 0 Å². The van der Waals surface area contributed by atoms with Crippen molar-refractivity contribution in [2.45, 2.75) is 59.8 Å². The Kier molecular flexibility index (Phi) is 2.36. The molecule has 1 aromatic rings. The highest BCUT2D eigenvalue weighted by Gasteiger charge is 2.56. The summed E-state index contributed by atoms with van der Waals surface area (Å²) in [5.74, 6) is 0. The monoisotopic (exact) mass is 249 g/mol. The van der Waals surface area contributed by atoms with Crippen LogP contribution in [0.25, 0.3) is 0 Å². The van der Waals surface area contributed by atoms with Crippen LogP contribution in [0.15, 0.2) is 18.1 Å². The molecule has 0 N–H and O–H groups in total. The van der Waals surface area contributed by atoms with Crippen LogP contribution in [0.4, 0.5) is 0 Å². The van der Waals surface area contributed by atoms with Crippen LogP contribution >= 0.6 is 0 Å². The highest BCUT2D eigenvalue weighted by Crippen LogP contribution is 2.61.